The molecule has 152 valence electrons. The van der Waals surface area contributed by atoms with Gasteiger partial charge in [0.25, 0.3) is 5.91 Å². The Morgan fingerprint density at radius 3 is 2.83 bits per heavy atom. The zero-order chi connectivity index (χ0) is 20.2. The molecule has 1 saturated heterocycles. The highest BCUT2D eigenvalue weighted by molar-refractivity contribution is 5.92. The van der Waals surface area contributed by atoms with E-state index in [1.807, 2.05) is 0 Å². The highest BCUT2D eigenvalue weighted by Crippen LogP contribution is 2.26. The van der Waals surface area contributed by atoms with E-state index in [1.54, 1.807) is 25.1 Å². The Morgan fingerprint density at radius 1 is 1.31 bits per heavy atom. The molecule has 1 fully saturated rings. The molecule has 0 saturated carbocycles. The first-order valence-corrected chi connectivity index (χ1v) is 9.38. The van der Waals surface area contributed by atoms with Gasteiger partial charge >= 0.3 is 0 Å². The van der Waals surface area contributed by atoms with E-state index in [0.29, 0.717) is 30.4 Å². The maximum absolute atomic E-state index is 13.2. The predicted octanol–water partition coefficient (Wildman–Crippen LogP) is 3.00. The number of aryl methyl sites for hydroxylation is 1. The van der Waals surface area contributed by atoms with Crippen molar-refractivity contribution in [1.82, 2.24) is 20.7 Å². The van der Waals surface area contributed by atoms with Crippen LogP contribution in [0.5, 0.6) is 5.88 Å². The van der Waals surface area contributed by atoms with Gasteiger partial charge in [-0.2, -0.15) is 0 Å². The molecule has 0 spiro atoms. The second kappa shape index (κ2) is 8.44. The van der Waals surface area contributed by atoms with Gasteiger partial charge in [-0.05, 0) is 44.0 Å². The summed E-state index contributed by atoms with van der Waals surface area (Å²) in [4.78, 5) is 12.3. The molecule has 8 nitrogen and oxygen atoms in total. The molecule has 1 aromatic carbocycles. The number of halogens is 1. The number of aromatic amines is 1. The van der Waals surface area contributed by atoms with Gasteiger partial charge in [0.15, 0.2) is 0 Å². The quantitative estimate of drug-likeness (QED) is 0.660. The summed E-state index contributed by atoms with van der Waals surface area (Å²) in [7, 11) is 0. The third kappa shape index (κ3) is 4.45. The fourth-order valence-corrected chi connectivity index (χ4v) is 3.14. The third-order valence-corrected chi connectivity index (χ3v) is 4.82. The van der Waals surface area contributed by atoms with Crippen LogP contribution in [-0.2, 0) is 11.3 Å². The Balaban J connectivity index is 1.41. The van der Waals surface area contributed by atoms with Gasteiger partial charge in [0.1, 0.15) is 29.6 Å². The second-order valence-electron chi connectivity index (χ2n) is 6.84. The smallest absolute Gasteiger partial charge is 0.269 e. The Bertz CT molecular complexity index is 977. The molecule has 1 aliphatic heterocycles. The first-order valence-electron chi connectivity index (χ1n) is 9.38. The Labute approximate surface area is 166 Å². The zero-order valence-electron chi connectivity index (χ0n) is 15.9. The van der Waals surface area contributed by atoms with Gasteiger partial charge in [-0.1, -0.05) is 5.16 Å². The number of rotatable bonds is 6. The molecule has 1 amide bonds. The van der Waals surface area contributed by atoms with E-state index in [9.17, 15) is 9.18 Å². The third-order valence-electron chi connectivity index (χ3n) is 4.82. The lowest BCUT2D eigenvalue weighted by molar-refractivity contribution is 0.0694. The molecule has 0 aliphatic carbocycles. The van der Waals surface area contributed by atoms with Crippen LogP contribution in [0.1, 0.15) is 34.7 Å². The van der Waals surface area contributed by atoms with Crippen LogP contribution < -0.4 is 10.1 Å². The monoisotopic (exact) mass is 400 g/mol. The molecule has 0 radical (unpaired) electrons. The first-order chi connectivity index (χ1) is 14.1. The van der Waals surface area contributed by atoms with Gasteiger partial charge < -0.3 is 19.3 Å². The average Bonchev–Trinajstić information content (AvgIpc) is 3.35. The molecule has 9 heteroatoms. The minimum Gasteiger partial charge on any atom is -0.472 e. The lowest BCUT2D eigenvalue weighted by Crippen LogP contribution is -2.39. The molecule has 29 heavy (non-hydrogen) atoms. The first kappa shape index (κ1) is 19.1. The second-order valence-corrected chi connectivity index (χ2v) is 6.84. The number of nitrogens with one attached hydrogen (secondary N) is 2. The van der Waals surface area contributed by atoms with Crippen LogP contribution in [-0.4, -0.2) is 40.5 Å². The minimum absolute atomic E-state index is 0.0989. The summed E-state index contributed by atoms with van der Waals surface area (Å²) in [5, 5.41) is 13.7. The fourth-order valence-electron chi connectivity index (χ4n) is 3.14. The lowest BCUT2D eigenvalue weighted by Gasteiger charge is -2.22. The van der Waals surface area contributed by atoms with Gasteiger partial charge in [0.2, 0.25) is 5.88 Å². The summed E-state index contributed by atoms with van der Waals surface area (Å²) in [6.45, 7) is 3.22. The standard InChI is InChI=1S/C20H21FN4O4/c1-12-16(19(25-29-12)13-2-4-14(21)5-3-13)11-28-18-10-17(23-24-18)20(26)22-15-6-8-27-9-7-15/h2-5,10,15H,6-9,11H2,1H3,(H,22,26)(H,23,24). The van der Waals surface area contributed by atoms with Gasteiger partial charge in [-0.25, -0.2) is 4.39 Å². The number of benzene rings is 1. The van der Waals surface area contributed by atoms with Crippen molar-refractivity contribution in [1.29, 1.82) is 0 Å². The summed E-state index contributed by atoms with van der Waals surface area (Å²) < 4.78 is 29.5. The van der Waals surface area contributed by atoms with Crippen molar-refractivity contribution < 1.29 is 23.2 Å². The van der Waals surface area contributed by atoms with Crippen molar-refractivity contribution >= 4 is 5.91 Å². The van der Waals surface area contributed by atoms with E-state index in [0.717, 1.165) is 24.0 Å². The number of H-pyrrole nitrogens is 1. The summed E-state index contributed by atoms with van der Waals surface area (Å²) in [6.07, 6.45) is 1.59. The molecule has 0 bridgehead atoms. The SMILES string of the molecule is Cc1onc(-c2ccc(F)cc2)c1COc1cc(C(=O)NC2CCOCC2)[nH]n1. The topological polar surface area (TPSA) is 102 Å². The Kier molecular flexibility index (Phi) is 5.57. The van der Waals surface area contributed by atoms with Crippen LogP contribution in [0.4, 0.5) is 4.39 Å². The van der Waals surface area contributed by atoms with Crippen molar-refractivity contribution in [2.24, 2.45) is 0 Å². The molecule has 3 heterocycles. The van der Waals surface area contributed by atoms with Gasteiger partial charge in [-0.3, -0.25) is 9.89 Å². The number of aromatic nitrogens is 3. The van der Waals surface area contributed by atoms with Gasteiger partial charge in [-0.15, -0.1) is 5.10 Å². The number of hydrogen-bond acceptors (Lipinski definition) is 6. The summed E-state index contributed by atoms with van der Waals surface area (Å²) in [6, 6.07) is 7.63. The maximum Gasteiger partial charge on any atom is 0.269 e. The van der Waals surface area contributed by atoms with Crippen molar-refractivity contribution in [3.8, 4) is 17.1 Å². The van der Waals surface area contributed by atoms with Gasteiger partial charge in [0.05, 0.1) is 5.56 Å². The largest absolute Gasteiger partial charge is 0.472 e. The highest BCUT2D eigenvalue weighted by atomic mass is 19.1. The summed E-state index contributed by atoms with van der Waals surface area (Å²) >= 11 is 0. The normalized spacial score (nSPS) is 14.7. The van der Waals surface area contributed by atoms with Crippen molar-refractivity contribution in [2.75, 3.05) is 13.2 Å². The van der Waals surface area contributed by atoms with E-state index in [-0.39, 0.29) is 30.3 Å². The zero-order valence-corrected chi connectivity index (χ0v) is 15.9. The van der Waals surface area contributed by atoms with Crippen LogP contribution in [0.25, 0.3) is 11.3 Å². The number of nitrogens with zero attached hydrogens (tertiary/aromatic N) is 2. The number of ether oxygens (including phenoxy) is 2. The lowest BCUT2D eigenvalue weighted by atomic mass is 10.1. The number of hydrogen-bond donors (Lipinski definition) is 2. The van der Waals surface area contributed by atoms with Crippen LogP contribution in [0.2, 0.25) is 0 Å². The molecular weight excluding hydrogens is 379 g/mol. The maximum atomic E-state index is 13.2. The van der Waals surface area contributed by atoms with Crippen LogP contribution in [0, 0.1) is 12.7 Å². The molecule has 3 aromatic rings. The molecular formula is C20H21FN4O4. The summed E-state index contributed by atoms with van der Waals surface area (Å²) in [5.74, 6) is 0.326. The van der Waals surface area contributed by atoms with E-state index >= 15 is 0 Å². The molecule has 4 rings (SSSR count). The fraction of sp³-hybridized carbons (Fsp3) is 0.350. The average molecular weight is 400 g/mol. The van der Waals surface area contributed by atoms with Crippen molar-refractivity contribution in [3.63, 3.8) is 0 Å². The Hall–Kier alpha value is -3.20. The molecule has 2 N–H and O–H groups in total. The Morgan fingerprint density at radius 2 is 2.07 bits per heavy atom. The van der Waals surface area contributed by atoms with Crippen LogP contribution >= 0.6 is 0 Å². The summed E-state index contributed by atoms with van der Waals surface area (Å²) in [5.41, 5.74) is 2.36. The highest BCUT2D eigenvalue weighted by Gasteiger charge is 2.20. The van der Waals surface area contributed by atoms with E-state index in [2.05, 4.69) is 20.7 Å². The number of amides is 1. The van der Waals surface area contributed by atoms with Crippen LogP contribution in [0.3, 0.4) is 0 Å². The van der Waals surface area contributed by atoms with Gasteiger partial charge in [0, 0.05) is 30.9 Å². The molecule has 0 atom stereocenters. The van der Waals surface area contributed by atoms with Crippen molar-refractivity contribution in [2.45, 2.75) is 32.4 Å². The molecule has 1 aliphatic rings. The van der Waals surface area contributed by atoms with Crippen LogP contribution in [0.15, 0.2) is 34.9 Å². The van der Waals surface area contributed by atoms with E-state index in [4.69, 9.17) is 14.0 Å². The minimum atomic E-state index is -0.324. The predicted molar refractivity (Wildman–Crippen MR) is 101 cm³/mol. The molecule has 0 unspecified atom stereocenters. The van der Waals surface area contributed by atoms with E-state index < -0.39 is 0 Å². The molecule has 2 aromatic heterocycles. The van der Waals surface area contributed by atoms with E-state index in [1.165, 1.54) is 12.1 Å². The number of carbonyl (C=O) groups is 1. The van der Waals surface area contributed by atoms with Crippen molar-refractivity contribution in [3.05, 3.63) is 53.2 Å². The number of carbonyl (C=O) groups excluding carboxylic acids is 1.